The molecule has 0 fully saturated rings. The van der Waals surface area contributed by atoms with Crippen molar-refractivity contribution in [2.24, 2.45) is 0 Å². The Morgan fingerprint density at radius 1 is 1.00 bits per heavy atom. The molecule has 1 aromatic carbocycles. The number of carbonyl (C=O) groups is 1. The molecule has 1 rings (SSSR count). The van der Waals surface area contributed by atoms with E-state index in [0.29, 0.717) is 6.54 Å². The Kier molecular flexibility index (Phi) is 8.63. The van der Waals surface area contributed by atoms with E-state index < -0.39 is 17.5 Å². The normalized spacial score (nSPS) is 10.6. The van der Waals surface area contributed by atoms with E-state index in [1.165, 1.54) is 44.6 Å². The zero-order chi connectivity index (χ0) is 15.5. The molecule has 21 heavy (non-hydrogen) atoms. The number of benzene rings is 1. The van der Waals surface area contributed by atoms with E-state index >= 15 is 0 Å². The topological polar surface area (TPSA) is 29.1 Å². The molecule has 2 nitrogen and oxygen atoms in total. The van der Waals surface area contributed by atoms with Gasteiger partial charge in [0.15, 0.2) is 0 Å². The molecule has 0 bridgehead atoms. The predicted molar refractivity (Wildman–Crippen MR) is 81.3 cm³/mol. The Hall–Kier alpha value is -1.45. The van der Waals surface area contributed by atoms with Gasteiger partial charge in [0.25, 0.3) is 5.91 Å². The van der Waals surface area contributed by atoms with E-state index in [0.717, 1.165) is 25.0 Å². The van der Waals surface area contributed by atoms with Gasteiger partial charge in [0.1, 0.15) is 11.6 Å². The summed E-state index contributed by atoms with van der Waals surface area (Å²) in [6.45, 7) is 2.73. The van der Waals surface area contributed by atoms with Crippen molar-refractivity contribution in [2.75, 3.05) is 6.54 Å². The van der Waals surface area contributed by atoms with Crippen molar-refractivity contribution in [1.29, 1.82) is 0 Å². The highest BCUT2D eigenvalue weighted by Crippen LogP contribution is 2.10. The first-order valence-corrected chi connectivity index (χ1v) is 7.88. The minimum Gasteiger partial charge on any atom is -0.352 e. The molecule has 0 saturated carbocycles. The Bertz CT molecular complexity index is 435. The second-order valence-electron chi connectivity index (χ2n) is 5.35. The lowest BCUT2D eigenvalue weighted by atomic mass is 10.1. The van der Waals surface area contributed by atoms with Gasteiger partial charge in [-0.05, 0) is 18.6 Å². The maximum Gasteiger partial charge on any atom is 0.254 e. The van der Waals surface area contributed by atoms with Crippen LogP contribution in [0.4, 0.5) is 8.78 Å². The molecule has 0 heterocycles. The lowest BCUT2D eigenvalue weighted by molar-refractivity contribution is 0.0949. The first-order valence-electron chi connectivity index (χ1n) is 7.88. The molecule has 1 amide bonds. The van der Waals surface area contributed by atoms with Gasteiger partial charge in [-0.3, -0.25) is 4.79 Å². The maximum atomic E-state index is 13.4. The molecule has 0 aromatic heterocycles. The summed E-state index contributed by atoms with van der Waals surface area (Å²) in [5.74, 6) is -1.97. The average Bonchev–Trinajstić information content (AvgIpc) is 2.45. The van der Waals surface area contributed by atoms with E-state index in [9.17, 15) is 13.6 Å². The van der Waals surface area contributed by atoms with Crippen molar-refractivity contribution in [3.8, 4) is 0 Å². The summed E-state index contributed by atoms with van der Waals surface area (Å²) in [5.41, 5.74) is -0.101. The third kappa shape index (κ3) is 7.21. The fourth-order valence-corrected chi connectivity index (χ4v) is 2.23. The minimum atomic E-state index is -0.816. The lowest BCUT2D eigenvalue weighted by Gasteiger charge is -2.06. The zero-order valence-electron chi connectivity index (χ0n) is 12.8. The van der Waals surface area contributed by atoms with Crippen LogP contribution in [0.2, 0.25) is 0 Å². The largest absolute Gasteiger partial charge is 0.352 e. The molecule has 0 spiro atoms. The second-order valence-corrected chi connectivity index (χ2v) is 5.35. The van der Waals surface area contributed by atoms with Crippen molar-refractivity contribution in [3.05, 3.63) is 35.4 Å². The van der Waals surface area contributed by atoms with Crippen LogP contribution in [0.3, 0.4) is 0 Å². The molecule has 0 aliphatic heterocycles. The van der Waals surface area contributed by atoms with Gasteiger partial charge in [-0.15, -0.1) is 0 Å². The second kappa shape index (κ2) is 10.3. The molecule has 4 heteroatoms. The van der Waals surface area contributed by atoms with Crippen LogP contribution in [0.1, 0.15) is 68.6 Å². The van der Waals surface area contributed by atoms with Crippen molar-refractivity contribution in [2.45, 2.75) is 58.3 Å². The predicted octanol–water partition coefficient (Wildman–Crippen LogP) is 4.84. The highest BCUT2D eigenvalue weighted by atomic mass is 19.1. The van der Waals surface area contributed by atoms with E-state index in [4.69, 9.17) is 0 Å². The summed E-state index contributed by atoms with van der Waals surface area (Å²) in [7, 11) is 0. The molecule has 0 unspecified atom stereocenters. The van der Waals surface area contributed by atoms with Crippen LogP contribution in [-0.4, -0.2) is 12.5 Å². The molecular weight excluding hydrogens is 272 g/mol. The van der Waals surface area contributed by atoms with E-state index in [1.54, 1.807) is 0 Å². The van der Waals surface area contributed by atoms with Gasteiger partial charge in [-0.25, -0.2) is 8.78 Å². The highest BCUT2D eigenvalue weighted by molar-refractivity contribution is 5.94. The van der Waals surface area contributed by atoms with Crippen LogP contribution in [0.5, 0.6) is 0 Å². The van der Waals surface area contributed by atoms with Crippen LogP contribution in [0.25, 0.3) is 0 Å². The van der Waals surface area contributed by atoms with Crippen molar-refractivity contribution in [3.63, 3.8) is 0 Å². The summed E-state index contributed by atoms with van der Waals surface area (Å²) >= 11 is 0. The van der Waals surface area contributed by atoms with Gasteiger partial charge in [0, 0.05) is 12.6 Å². The Labute approximate surface area is 125 Å². The highest BCUT2D eigenvalue weighted by Gasteiger charge is 2.11. The van der Waals surface area contributed by atoms with E-state index in [1.807, 2.05) is 0 Å². The zero-order valence-corrected chi connectivity index (χ0v) is 12.8. The maximum absolute atomic E-state index is 13.4. The lowest BCUT2D eigenvalue weighted by Crippen LogP contribution is -2.25. The van der Waals surface area contributed by atoms with Crippen molar-refractivity contribution < 1.29 is 13.6 Å². The summed E-state index contributed by atoms with van der Waals surface area (Å²) < 4.78 is 26.1. The summed E-state index contributed by atoms with van der Waals surface area (Å²) in [5, 5.41) is 2.67. The molecule has 1 aromatic rings. The number of nitrogens with one attached hydrogen (secondary N) is 1. The van der Waals surface area contributed by atoms with E-state index in [-0.39, 0.29) is 5.56 Å². The van der Waals surface area contributed by atoms with Crippen LogP contribution in [-0.2, 0) is 0 Å². The number of rotatable bonds is 10. The van der Waals surface area contributed by atoms with Crippen LogP contribution in [0.15, 0.2) is 18.2 Å². The Morgan fingerprint density at radius 3 is 2.24 bits per heavy atom. The molecule has 1 N–H and O–H groups in total. The fourth-order valence-electron chi connectivity index (χ4n) is 2.23. The molecule has 0 atom stereocenters. The van der Waals surface area contributed by atoms with Crippen molar-refractivity contribution >= 4 is 5.91 Å². The first-order chi connectivity index (χ1) is 10.1. The smallest absolute Gasteiger partial charge is 0.254 e. The molecule has 118 valence electrons. The standard InChI is InChI=1S/C17H25F2NO/c1-2-3-4-5-6-7-8-9-12-20-17(21)15-11-10-14(18)13-16(15)19/h10-11,13H,2-9,12H2,1H3,(H,20,21). The molecule has 0 aliphatic rings. The minimum absolute atomic E-state index is 0.101. The molecule has 0 aliphatic carbocycles. The van der Waals surface area contributed by atoms with E-state index in [2.05, 4.69) is 12.2 Å². The monoisotopic (exact) mass is 297 g/mol. The number of halogens is 2. The van der Waals surface area contributed by atoms with Crippen LogP contribution >= 0.6 is 0 Å². The number of hydrogen-bond acceptors (Lipinski definition) is 1. The number of amides is 1. The van der Waals surface area contributed by atoms with Gasteiger partial charge in [-0.1, -0.05) is 51.9 Å². The SMILES string of the molecule is CCCCCCCCCCNC(=O)c1ccc(F)cc1F. The fraction of sp³-hybridized carbons (Fsp3) is 0.588. The third-order valence-electron chi connectivity index (χ3n) is 3.49. The Balaban J connectivity index is 2.11. The van der Waals surface area contributed by atoms with Gasteiger partial charge < -0.3 is 5.32 Å². The molecular formula is C17H25F2NO. The summed E-state index contributed by atoms with van der Waals surface area (Å²) in [4.78, 5) is 11.7. The Morgan fingerprint density at radius 2 is 1.62 bits per heavy atom. The average molecular weight is 297 g/mol. The number of unbranched alkanes of at least 4 members (excludes halogenated alkanes) is 7. The van der Waals surface area contributed by atoms with Crippen molar-refractivity contribution in [1.82, 2.24) is 5.32 Å². The van der Waals surface area contributed by atoms with Gasteiger partial charge >= 0.3 is 0 Å². The number of hydrogen-bond donors (Lipinski definition) is 1. The first kappa shape index (κ1) is 17.6. The van der Waals surface area contributed by atoms with Crippen LogP contribution in [0, 0.1) is 11.6 Å². The molecule has 0 radical (unpaired) electrons. The summed E-state index contributed by atoms with van der Waals surface area (Å²) in [6, 6.07) is 2.99. The molecule has 0 saturated heterocycles. The van der Waals surface area contributed by atoms with Crippen LogP contribution < -0.4 is 5.32 Å². The number of carbonyl (C=O) groups excluding carboxylic acids is 1. The van der Waals surface area contributed by atoms with Gasteiger partial charge in [0.2, 0.25) is 0 Å². The van der Waals surface area contributed by atoms with Gasteiger partial charge in [0.05, 0.1) is 5.56 Å². The third-order valence-corrected chi connectivity index (χ3v) is 3.49. The quantitative estimate of drug-likeness (QED) is 0.615. The van der Waals surface area contributed by atoms with Gasteiger partial charge in [-0.2, -0.15) is 0 Å². The summed E-state index contributed by atoms with van der Waals surface area (Å²) in [6.07, 6.45) is 9.51.